The van der Waals surface area contributed by atoms with E-state index in [-0.39, 0.29) is 29.2 Å². The Hall–Kier alpha value is -1.07. The van der Waals surface area contributed by atoms with E-state index in [2.05, 4.69) is 53.8 Å². The summed E-state index contributed by atoms with van der Waals surface area (Å²) < 4.78 is 6.46. The van der Waals surface area contributed by atoms with Crippen molar-refractivity contribution >= 4 is 6.03 Å². The van der Waals surface area contributed by atoms with Crippen LogP contribution in [0.4, 0.5) is 4.79 Å². The molecule has 1 fully saturated rings. The monoisotopic (exact) mass is 337 g/mol. The number of carbonyl (C=O) groups is 1. The van der Waals surface area contributed by atoms with Gasteiger partial charge in [-0.15, -0.1) is 0 Å². The van der Waals surface area contributed by atoms with Gasteiger partial charge >= 0.3 is 6.03 Å². The second-order valence-electron chi connectivity index (χ2n) is 9.63. The molecule has 0 saturated carbocycles. The third-order valence-electron chi connectivity index (χ3n) is 5.79. The van der Waals surface area contributed by atoms with Gasteiger partial charge in [0.15, 0.2) is 0 Å². The van der Waals surface area contributed by atoms with Crippen molar-refractivity contribution in [2.45, 2.75) is 80.3 Å². The summed E-state index contributed by atoms with van der Waals surface area (Å²) in [5.41, 5.74) is 7.11. The minimum Gasteiger partial charge on any atom is -0.354 e. The van der Waals surface area contributed by atoms with Crippen molar-refractivity contribution in [2.75, 3.05) is 0 Å². The molecule has 138 valence electrons. The number of rotatable bonds is 2. The maximum absolute atomic E-state index is 12.4. The normalized spacial score (nSPS) is 33.3. The molecule has 3 N–H and O–H groups in total. The lowest BCUT2D eigenvalue weighted by Gasteiger charge is -2.39. The number of hydrogen-bond acceptors (Lipinski definition) is 3. The zero-order valence-corrected chi connectivity index (χ0v) is 16.5. The SMILES string of the molecule is CC1=CN([C@H]2C[C@@H](C(C)(C)C)[C@@H]([C@H](C)C(C)(C)C)O2)C(=O)NC1N. The van der Waals surface area contributed by atoms with Crippen LogP contribution in [-0.4, -0.2) is 29.4 Å². The van der Waals surface area contributed by atoms with Crippen molar-refractivity contribution in [1.29, 1.82) is 0 Å². The van der Waals surface area contributed by atoms with Crippen LogP contribution in [-0.2, 0) is 4.74 Å². The lowest BCUT2D eigenvalue weighted by molar-refractivity contribution is -0.0733. The number of nitrogens with zero attached hydrogens (tertiary/aromatic N) is 1. The van der Waals surface area contributed by atoms with Crippen LogP contribution < -0.4 is 11.1 Å². The van der Waals surface area contributed by atoms with Crippen LogP contribution in [0.2, 0.25) is 0 Å². The summed E-state index contributed by atoms with van der Waals surface area (Å²) in [6, 6.07) is -0.171. The van der Waals surface area contributed by atoms with Gasteiger partial charge in [0.1, 0.15) is 12.4 Å². The lowest BCUT2D eigenvalue weighted by atomic mass is 9.68. The molecule has 0 aromatic heterocycles. The molecular formula is C19H35N3O2. The van der Waals surface area contributed by atoms with Gasteiger partial charge in [0.2, 0.25) is 0 Å². The fourth-order valence-corrected chi connectivity index (χ4v) is 3.56. The first-order valence-electron chi connectivity index (χ1n) is 9.00. The Morgan fingerprint density at radius 1 is 1.29 bits per heavy atom. The number of ether oxygens (including phenoxy) is 1. The van der Waals surface area contributed by atoms with Gasteiger partial charge in [-0.05, 0) is 41.6 Å². The van der Waals surface area contributed by atoms with Crippen LogP contribution in [0.25, 0.3) is 0 Å². The molecule has 5 nitrogen and oxygen atoms in total. The molecule has 0 aromatic rings. The summed E-state index contributed by atoms with van der Waals surface area (Å²) in [5.74, 6) is 0.792. The molecule has 0 spiro atoms. The quantitative estimate of drug-likeness (QED) is 0.808. The Morgan fingerprint density at radius 2 is 1.88 bits per heavy atom. The minimum atomic E-state index is -0.405. The summed E-state index contributed by atoms with van der Waals surface area (Å²) in [6.45, 7) is 17.7. The Bertz CT molecular complexity index is 516. The molecule has 5 heteroatoms. The molecule has 2 rings (SSSR count). The van der Waals surface area contributed by atoms with Crippen LogP contribution in [0.1, 0.15) is 61.8 Å². The summed E-state index contributed by atoms with van der Waals surface area (Å²) in [4.78, 5) is 14.1. The third-order valence-corrected chi connectivity index (χ3v) is 5.79. The Kier molecular flexibility index (Phi) is 5.09. The van der Waals surface area contributed by atoms with E-state index in [9.17, 15) is 4.79 Å². The lowest BCUT2D eigenvalue weighted by Crippen LogP contribution is -2.54. The molecule has 0 aliphatic carbocycles. The Balaban J connectivity index is 2.28. The number of urea groups is 1. The molecule has 2 aliphatic heterocycles. The number of nitrogens with one attached hydrogen (secondary N) is 1. The summed E-state index contributed by atoms with van der Waals surface area (Å²) in [6.07, 6.45) is 2.19. The van der Waals surface area contributed by atoms with Gasteiger partial charge in [0.05, 0.1) is 6.10 Å². The fourth-order valence-electron chi connectivity index (χ4n) is 3.56. The van der Waals surface area contributed by atoms with Crippen LogP contribution in [0, 0.1) is 22.7 Å². The first-order valence-corrected chi connectivity index (χ1v) is 9.00. The molecule has 2 aliphatic rings. The van der Waals surface area contributed by atoms with Gasteiger partial charge in [0, 0.05) is 6.20 Å². The topological polar surface area (TPSA) is 67.6 Å². The van der Waals surface area contributed by atoms with E-state index in [1.165, 1.54) is 0 Å². The van der Waals surface area contributed by atoms with E-state index in [0.29, 0.717) is 11.8 Å². The fraction of sp³-hybridized carbons (Fsp3) is 0.842. The summed E-state index contributed by atoms with van der Waals surface area (Å²) in [5, 5.41) is 2.80. The second-order valence-corrected chi connectivity index (χ2v) is 9.63. The summed E-state index contributed by atoms with van der Waals surface area (Å²) >= 11 is 0. The van der Waals surface area contributed by atoms with E-state index >= 15 is 0 Å². The zero-order valence-electron chi connectivity index (χ0n) is 16.5. The molecule has 0 aromatic carbocycles. The summed E-state index contributed by atoms with van der Waals surface area (Å²) in [7, 11) is 0. The molecule has 1 saturated heterocycles. The maximum atomic E-state index is 12.4. The number of nitrogens with two attached hydrogens (primary N) is 1. The number of amides is 2. The minimum absolute atomic E-state index is 0.125. The van der Waals surface area contributed by atoms with Gasteiger partial charge in [-0.25, -0.2) is 4.79 Å². The van der Waals surface area contributed by atoms with Crippen LogP contribution in [0.5, 0.6) is 0 Å². The molecule has 5 atom stereocenters. The van der Waals surface area contributed by atoms with Gasteiger partial charge in [-0.3, -0.25) is 4.90 Å². The molecule has 0 bridgehead atoms. The Labute approximate surface area is 147 Å². The smallest absolute Gasteiger partial charge is 0.325 e. The predicted octanol–water partition coefficient (Wildman–Crippen LogP) is 3.66. The zero-order chi connectivity index (χ0) is 18.4. The number of hydrogen-bond donors (Lipinski definition) is 2. The van der Waals surface area contributed by atoms with Gasteiger partial charge < -0.3 is 15.8 Å². The molecule has 0 radical (unpaired) electrons. The van der Waals surface area contributed by atoms with E-state index in [1.807, 2.05) is 13.1 Å². The Morgan fingerprint density at radius 3 is 2.38 bits per heavy atom. The molecule has 24 heavy (non-hydrogen) atoms. The average molecular weight is 338 g/mol. The van der Waals surface area contributed by atoms with Gasteiger partial charge in [-0.2, -0.15) is 0 Å². The van der Waals surface area contributed by atoms with Gasteiger partial charge in [-0.1, -0.05) is 48.5 Å². The van der Waals surface area contributed by atoms with Gasteiger partial charge in [0.25, 0.3) is 0 Å². The van der Waals surface area contributed by atoms with Crippen molar-refractivity contribution in [1.82, 2.24) is 10.2 Å². The highest BCUT2D eigenvalue weighted by Gasteiger charge is 2.49. The van der Waals surface area contributed by atoms with E-state index in [0.717, 1.165) is 12.0 Å². The highest BCUT2D eigenvalue weighted by atomic mass is 16.5. The van der Waals surface area contributed by atoms with Crippen LogP contribution in [0.3, 0.4) is 0 Å². The highest BCUT2D eigenvalue weighted by Crippen LogP contribution is 2.47. The van der Waals surface area contributed by atoms with Crippen molar-refractivity contribution in [3.63, 3.8) is 0 Å². The van der Waals surface area contributed by atoms with Crippen LogP contribution in [0.15, 0.2) is 11.8 Å². The third kappa shape index (κ3) is 3.77. The molecular weight excluding hydrogens is 302 g/mol. The van der Waals surface area contributed by atoms with E-state index < -0.39 is 6.17 Å². The second kappa shape index (κ2) is 6.34. The predicted molar refractivity (Wildman–Crippen MR) is 96.9 cm³/mol. The van der Waals surface area contributed by atoms with Crippen molar-refractivity contribution < 1.29 is 9.53 Å². The average Bonchev–Trinajstić information content (AvgIpc) is 2.85. The van der Waals surface area contributed by atoms with E-state index in [1.54, 1.807) is 4.90 Å². The first kappa shape index (κ1) is 19.3. The van der Waals surface area contributed by atoms with E-state index in [4.69, 9.17) is 10.5 Å². The van der Waals surface area contributed by atoms with Crippen molar-refractivity contribution in [3.8, 4) is 0 Å². The standard InChI is InChI=1S/C19H35N3O2/c1-11-10-22(17(23)21-16(11)20)14-9-13(19(6,7)8)15(24-14)12(2)18(3,4)5/h10,12-16H,9,20H2,1-8H3,(H,21,23)/t12-,13+,14+,15+,16?/m0/s1. The molecule has 2 amide bonds. The van der Waals surface area contributed by atoms with Crippen molar-refractivity contribution in [3.05, 3.63) is 11.8 Å². The van der Waals surface area contributed by atoms with Crippen molar-refractivity contribution in [2.24, 2.45) is 28.4 Å². The molecule has 1 unspecified atom stereocenters. The highest BCUT2D eigenvalue weighted by molar-refractivity contribution is 5.77. The first-order chi connectivity index (χ1) is 10.8. The molecule has 2 heterocycles. The largest absolute Gasteiger partial charge is 0.354 e. The maximum Gasteiger partial charge on any atom is 0.325 e. The number of carbonyl (C=O) groups excluding carboxylic acids is 1. The van der Waals surface area contributed by atoms with Crippen LogP contribution >= 0.6 is 0 Å².